The first-order chi connectivity index (χ1) is 12.4. The zero-order valence-corrected chi connectivity index (χ0v) is 13.5. The van der Waals surface area contributed by atoms with Gasteiger partial charge in [-0.25, -0.2) is 17.6 Å². The lowest BCUT2D eigenvalue weighted by Crippen LogP contribution is -2.14. The molecule has 1 amide bonds. The molecule has 134 valence electrons. The quantitative estimate of drug-likeness (QED) is 0.691. The summed E-state index contributed by atoms with van der Waals surface area (Å²) in [5.74, 6) is -2.14. The lowest BCUT2D eigenvalue weighted by Gasteiger charge is -2.12. The molecule has 1 aromatic heterocycles. The number of para-hydroxylation sites is 1. The minimum atomic E-state index is -2.92. The number of halogens is 4. The van der Waals surface area contributed by atoms with Crippen LogP contribution in [0.4, 0.5) is 23.2 Å². The van der Waals surface area contributed by atoms with Gasteiger partial charge in [0, 0.05) is 30.1 Å². The van der Waals surface area contributed by atoms with Crippen molar-refractivity contribution >= 4 is 11.6 Å². The molecule has 0 atom stereocenters. The molecule has 0 fully saturated rings. The number of alkyl halides is 2. The molecule has 0 aliphatic heterocycles. The molecule has 0 bridgehead atoms. The second-order valence-corrected chi connectivity index (χ2v) is 5.53. The first-order valence-electron chi connectivity index (χ1n) is 7.54. The van der Waals surface area contributed by atoms with Gasteiger partial charge in [-0.3, -0.25) is 9.48 Å². The summed E-state index contributed by atoms with van der Waals surface area (Å²) in [6.45, 7) is 0. The van der Waals surface area contributed by atoms with Crippen molar-refractivity contribution < 1.29 is 22.4 Å². The number of rotatable bonds is 4. The minimum Gasteiger partial charge on any atom is -0.321 e. The van der Waals surface area contributed by atoms with Gasteiger partial charge in [0.15, 0.2) is 0 Å². The van der Waals surface area contributed by atoms with E-state index >= 15 is 0 Å². The summed E-state index contributed by atoms with van der Waals surface area (Å²) in [5, 5.41) is 6.04. The highest BCUT2D eigenvalue weighted by atomic mass is 19.3. The van der Waals surface area contributed by atoms with E-state index < -0.39 is 29.7 Å². The van der Waals surface area contributed by atoms with Crippen LogP contribution in [0.5, 0.6) is 0 Å². The third-order valence-corrected chi connectivity index (χ3v) is 3.70. The summed E-state index contributed by atoms with van der Waals surface area (Å²) in [4.78, 5) is 12.4. The molecular weight excluding hydrogens is 350 g/mol. The zero-order valence-electron chi connectivity index (χ0n) is 13.5. The largest absolute Gasteiger partial charge is 0.321 e. The van der Waals surface area contributed by atoms with E-state index in [2.05, 4.69) is 10.4 Å². The Morgan fingerprint density at radius 2 is 1.85 bits per heavy atom. The summed E-state index contributed by atoms with van der Waals surface area (Å²) in [6, 6.07) is 9.07. The van der Waals surface area contributed by atoms with Gasteiger partial charge in [-0.15, -0.1) is 0 Å². The standard InChI is InChI=1S/C18H13F4N3O/c1-25-9-13(16(24-25)17(21)22)18(26)23-15-5-3-2-4-11(15)12-8-10(19)6-7-14(12)20/h2-9,17H,1H3,(H,23,26). The first-order valence-corrected chi connectivity index (χ1v) is 7.54. The highest BCUT2D eigenvalue weighted by Crippen LogP contribution is 2.31. The van der Waals surface area contributed by atoms with Gasteiger partial charge in [-0.05, 0) is 24.3 Å². The van der Waals surface area contributed by atoms with Gasteiger partial charge in [0.1, 0.15) is 17.3 Å². The zero-order chi connectivity index (χ0) is 18.8. The van der Waals surface area contributed by atoms with E-state index in [1.165, 1.54) is 25.4 Å². The molecule has 1 N–H and O–H groups in total. The predicted octanol–water partition coefficient (Wildman–Crippen LogP) is 4.56. The smallest absolute Gasteiger partial charge is 0.282 e. The molecule has 3 aromatic rings. The van der Waals surface area contributed by atoms with Crippen molar-refractivity contribution in [3.63, 3.8) is 0 Å². The first kappa shape index (κ1) is 17.7. The van der Waals surface area contributed by atoms with E-state index in [1.807, 2.05) is 0 Å². The van der Waals surface area contributed by atoms with Crippen LogP contribution in [-0.2, 0) is 7.05 Å². The minimum absolute atomic E-state index is 0.0545. The van der Waals surface area contributed by atoms with E-state index in [0.29, 0.717) is 0 Å². The predicted molar refractivity (Wildman–Crippen MR) is 87.9 cm³/mol. The van der Waals surface area contributed by atoms with E-state index in [-0.39, 0.29) is 22.4 Å². The van der Waals surface area contributed by atoms with E-state index in [1.54, 1.807) is 12.1 Å². The lowest BCUT2D eigenvalue weighted by molar-refractivity contribution is 0.101. The number of benzene rings is 2. The number of nitrogens with one attached hydrogen (secondary N) is 1. The fourth-order valence-corrected chi connectivity index (χ4v) is 2.56. The second kappa shape index (κ2) is 6.99. The fourth-order valence-electron chi connectivity index (χ4n) is 2.56. The molecule has 0 unspecified atom stereocenters. The van der Waals surface area contributed by atoms with Crippen molar-refractivity contribution in [2.75, 3.05) is 5.32 Å². The van der Waals surface area contributed by atoms with Gasteiger partial charge in [0.2, 0.25) is 0 Å². The van der Waals surface area contributed by atoms with Crippen molar-refractivity contribution in [2.24, 2.45) is 7.05 Å². The number of nitrogens with zero attached hydrogens (tertiary/aromatic N) is 2. The monoisotopic (exact) mass is 363 g/mol. The van der Waals surface area contributed by atoms with Gasteiger partial charge >= 0.3 is 0 Å². The topological polar surface area (TPSA) is 46.9 Å². The highest BCUT2D eigenvalue weighted by Gasteiger charge is 2.23. The van der Waals surface area contributed by atoms with Gasteiger partial charge in [0.05, 0.1) is 5.56 Å². The van der Waals surface area contributed by atoms with E-state index in [0.717, 1.165) is 22.9 Å². The number of aromatic nitrogens is 2. The van der Waals surface area contributed by atoms with Crippen LogP contribution < -0.4 is 5.32 Å². The van der Waals surface area contributed by atoms with Gasteiger partial charge in [0.25, 0.3) is 12.3 Å². The van der Waals surface area contributed by atoms with E-state index in [4.69, 9.17) is 0 Å². The molecule has 26 heavy (non-hydrogen) atoms. The van der Waals surface area contributed by atoms with Gasteiger partial charge in [-0.1, -0.05) is 18.2 Å². The van der Waals surface area contributed by atoms with E-state index in [9.17, 15) is 22.4 Å². The van der Waals surface area contributed by atoms with Gasteiger partial charge < -0.3 is 5.32 Å². The summed E-state index contributed by atoms with van der Waals surface area (Å²) >= 11 is 0. The Hall–Kier alpha value is -3.16. The van der Waals surface area contributed by atoms with Crippen LogP contribution in [0.3, 0.4) is 0 Å². The fraction of sp³-hybridized carbons (Fsp3) is 0.111. The van der Waals surface area contributed by atoms with Gasteiger partial charge in [-0.2, -0.15) is 5.10 Å². The average molecular weight is 363 g/mol. The second-order valence-electron chi connectivity index (χ2n) is 5.53. The molecule has 0 saturated heterocycles. The summed E-state index contributed by atoms with van der Waals surface area (Å²) in [5.41, 5.74) is -0.621. The molecule has 0 aliphatic carbocycles. The highest BCUT2D eigenvalue weighted by molar-refractivity contribution is 6.07. The van der Waals surface area contributed by atoms with Crippen molar-refractivity contribution in [3.05, 3.63) is 71.6 Å². The SMILES string of the molecule is Cn1cc(C(=O)Nc2ccccc2-c2cc(F)ccc2F)c(C(F)F)n1. The number of carbonyl (C=O) groups is 1. The molecule has 2 aromatic carbocycles. The third kappa shape index (κ3) is 3.44. The van der Waals surface area contributed by atoms with Crippen LogP contribution in [0.2, 0.25) is 0 Å². The Labute approximate surface area is 146 Å². The normalized spacial score (nSPS) is 11.0. The number of amides is 1. The Morgan fingerprint density at radius 1 is 1.12 bits per heavy atom. The molecule has 0 aliphatic rings. The van der Waals surface area contributed by atoms with Crippen LogP contribution in [0.1, 0.15) is 22.5 Å². The maximum Gasteiger partial charge on any atom is 0.282 e. The average Bonchev–Trinajstić information content (AvgIpc) is 3.00. The van der Waals surface area contributed by atoms with Crippen molar-refractivity contribution in [2.45, 2.75) is 6.43 Å². The molecule has 0 spiro atoms. The number of carbonyl (C=O) groups excluding carboxylic acids is 1. The van der Waals surface area contributed by atoms with Crippen LogP contribution in [0.15, 0.2) is 48.7 Å². The van der Waals surface area contributed by atoms with Crippen LogP contribution in [-0.4, -0.2) is 15.7 Å². The Bertz CT molecular complexity index is 969. The van der Waals surface area contributed by atoms with Crippen molar-refractivity contribution in [1.29, 1.82) is 0 Å². The Kier molecular flexibility index (Phi) is 4.75. The van der Waals surface area contributed by atoms with Crippen molar-refractivity contribution in [3.8, 4) is 11.1 Å². The number of anilines is 1. The summed E-state index contributed by atoms with van der Waals surface area (Å²) < 4.78 is 54.7. The lowest BCUT2D eigenvalue weighted by atomic mass is 10.0. The number of hydrogen-bond donors (Lipinski definition) is 1. The molecule has 4 nitrogen and oxygen atoms in total. The summed E-state index contributed by atoms with van der Waals surface area (Å²) in [6.07, 6.45) is -1.75. The summed E-state index contributed by atoms with van der Waals surface area (Å²) in [7, 11) is 1.42. The number of aryl methyl sites for hydroxylation is 1. The Balaban J connectivity index is 1.99. The maximum atomic E-state index is 14.1. The number of hydrogen-bond acceptors (Lipinski definition) is 2. The molecular formula is C18H13F4N3O. The Morgan fingerprint density at radius 3 is 2.58 bits per heavy atom. The molecule has 0 saturated carbocycles. The molecule has 1 heterocycles. The molecule has 3 rings (SSSR count). The van der Waals surface area contributed by atoms with Crippen LogP contribution >= 0.6 is 0 Å². The molecule has 0 radical (unpaired) electrons. The molecule has 8 heteroatoms. The third-order valence-electron chi connectivity index (χ3n) is 3.70. The maximum absolute atomic E-state index is 14.1. The van der Waals surface area contributed by atoms with Crippen molar-refractivity contribution in [1.82, 2.24) is 9.78 Å². The van der Waals surface area contributed by atoms with Crippen LogP contribution in [0, 0.1) is 11.6 Å². The van der Waals surface area contributed by atoms with Crippen LogP contribution in [0.25, 0.3) is 11.1 Å².